The summed E-state index contributed by atoms with van der Waals surface area (Å²) in [5, 5.41) is 11.5. The molecule has 1 amide bonds. The third-order valence-corrected chi connectivity index (χ3v) is 7.01. The van der Waals surface area contributed by atoms with Crippen LogP contribution >= 0.6 is 11.8 Å². The predicted octanol–water partition coefficient (Wildman–Crippen LogP) is 1.93. The van der Waals surface area contributed by atoms with Crippen molar-refractivity contribution in [2.75, 3.05) is 24.6 Å². The summed E-state index contributed by atoms with van der Waals surface area (Å²) in [5.41, 5.74) is -1.19. The quantitative estimate of drug-likeness (QED) is 0.827. The molecule has 1 saturated carbocycles. The molecule has 6 nitrogen and oxygen atoms in total. The van der Waals surface area contributed by atoms with E-state index in [-0.39, 0.29) is 17.9 Å². The molecule has 2 aliphatic heterocycles. The minimum atomic E-state index is -2.52. The average molecular weight is 357 g/mol. The van der Waals surface area contributed by atoms with Gasteiger partial charge in [0.1, 0.15) is 6.33 Å². The SMILES string of the molecule is O=C(CC1(n2cnnn2)CCSCC1)N1CCC2(CC1)CC2(F)F. The Balaban J connectivity index is 1.43. The maximum atomic E-state index is 13.5. The fourth-order valence-corrected chi connectivity index (χ4v) is 5.37. The van der Waals surface area contributed by atoms with Crippen molar-refractivity contribution in [2.24, 2.45) is 5.41 Å². The van der Waals surface area contributed by atoms with Gasteiger partial charge in [-0.25, -0.2) is 13.5 Å². The summed E-state index contributed by atoms with van der Waals surface area (Å²) in [6.07, 6.45) is 4.46. The lowest BCUT2D eigenvalue weighted by atomic mass is 9.87. The summed E-state index contributed by atoms with van der Waals surface area (Å²) in [7, 11) is 0. The number of carbonyl (C=O) groups is 1. The molecule has 1 aromatic heterocycles. The van der Waals surface area contributed by atoms with Crippen LogP contribution in [0, 0.1) is 5.41 Å². The second-order valence-electron chi connectivity index (χ2n) is 7.31. The Hall–Kier alpha value is -1.25. The molecular weight excluding hydrogens is 336 g/mol. The van der Waals surface area contributed by atoms with Gasteiger partial charge in [0.05, 0.1) is 12.0 Å². The zero-order valence-corrected chi connectivity index (χ0v) is 14.3. The Kier molecular flexibility index (Phi) is 3.81. The molecule has 0 atom stereocenters. The van der Waals surface area contributed by atoms with E-state index in [1.54, 1.807) is 15.9 Å². The van der Waals surface area contributed by atoms with Crippen molar-refractivity contribution in [2.45, 2.75) is 50.0 Å². The molecule has 1 spiro atoms. The number of thioether (sulfide) groups is 1. The van der Waals surface area contributed by atoms with E-state index in [4.69, 9.17) is 0 Å². The molecule has 9 heteroatoms. The second-order valence-corrected chi connectivity index (χ2v) is 8.53. The fraction of sp³-hybridized carbons (Fsp3) is 0.867. The number of likely N-dealkylation sites (tertiary alicyclic amines) is 1. The number of amides is 1. The Morgan fingerprint density at radius 1 is 1.17 bits per heavy atom. The van der Waals surface area contributed by atoms with Crippen LogP contribution < -0.4 is 0 Å². The number of piperidine rings is 1. The Morgan fingerprint density at radius 3 is 2.38 bits per heavy atom. The van der Waals surface area contributed by atoms with E-state index in [1.165, 1.54) is 0 Å². The molecule has 0 aromatic carbocycles. The van der Waals surface area contributed by atoms with E-state index >= 15 is 0 Å². The molecular formula is C15H21F2N5OS. The third-order valence-electron chi connectivity index (χ3n) is 6.02. The highest BCUT2D eigenvalue weighted by molar-refractivity contribution is 7.99. The van der Waals surface area contributed by atoms with Crippen molar-refractivity contribution < 1.29 is 13.6 Å². The first-order chi connectivity index (χ1) is 11.5. The van der Waals surface area contributed by atoms with Crippen LogP contribution in [0.1, 0.15) is 38.5 Å². The van der Waals surface area contributed by atoms with Gasteiger partial charge >= 0.3 is 0 Å². The first kappa shape index (κ1) is 16.2. The number of hydrogen-bond acceptors (Lipinski definition) is 5. The summed E-state index contributed by atoms with van der Waals surface area (Å²) in [6, 6.07) is 0. The summed E-state index contributed by atoms with van der Waals surface area (Å²) in [6.45, 7) is 0.879. The highest BCUT2D eigenvalue weighted by atomic mass is 32.2. The average Bonchev–Trinajstić information content (AvgIpc) is 2.97. The molecule has 132 valence electrons. The zero-order chi connectivity index (χ0) is 16.8. The van der Waals surface area contributed by atoms with Gasteiger partial charge in [-0.2, -0.15) is 11.8 Å². The summed E-state index contributed by atoms with van der Waals surface area (Å²) < 4.78 is 28.7. The largest absolute Gasteiger partial charge is 0.343 e. The molecule has 1 aromatic rings. The van der Waals surface area contributed by atoms with Gasteiger partial charge in [-0.15, -0.1) is 5.10 Å². The zero-order valence-electron chi connectivity index (χ0n) is 13.5. The lowest BCUT2D eigenvalue weighted by Gasteiger charge is -2.39. The summed E-state index contributed by atoms with van der Waals surface area (Å²) >= 11 is 1.87. The highest BCUT2D eigenvalue weighted by Gasteiger charge is 2.70. The molecule has 0 unspecified atom stereocenters. The fourth-order valence-electron chi connectivity index (χ4n) is 4.12. The Morgan fingerprint density at radius 2 is 1.83 bits per heavy atom. The molecule has 4 rings (SSSR count). The topological polar surface area (TPSA) is 63.9 Å². The van der Waals surface area contributed by atoms with Crippen molar-refractivity contribution in [3.8, 4) is 0 Å². The Labute approximate surface area is 143 Å². The third kappa shape index (κ3) is 2.60. The molecule has 0 radical (unpaired) electrons. The van der Waals surface area contributed by atoms with E-state index in [1.807, 2.05) is 11.8 Å². The number of aromatic nitrogens is 4. The Bertz CT molecular complexity index is 609. The lowest BCUT2D eigenvalue weighted by Crippen LogP contribution is -2.46. The van der Waals surface area contributed by atoms with Crippen LogP contribution in [0.25, 0.3) is 0 Å². The van der Waals surface area contributed by atoms with Crippen LogP contribution in [-0.2, 0) is 10.3 Å². The molecule has 3 aliphatic rings. The number of nitrogens with zero attached hydrogens (tertiary/aromatic N) is 5. The lowest BCUT2D eigenvalue weighted by molar-refractivity contribution is -0.136. The van der Waals surface area contributed by atoms with Crippen molar-refractivity contribution >= 4 is 17.7 Å². The number of carbonyl (C=O) groups excluding carboxylic acids is 1. The van der Waals surface area contributed by atoms with Crippen molar-refractivity contribution in [1.82, 2.24) is 25.1 Å². The van der Waals surface area contributed by atoms with E-state index in [9.17, 15) is 13.6 Å². The molecule has 3 heterocycles. The van der Waals surface area contributed by atoms with Crippen molar-refractivity contribution in [1.29, 1.82) is 0 Å². The van der Waals surface area contributed by atoms with Gasteiger partial charge in [-0.05, 0) is 47.6 Å². The van der Waals surface area contributed by atoms with Crippen LogP contribution in [0.5, 0.6) is 0 Å². The van der Waals surface area contributed by atoms with Crippen LogP contribution in [0.4, 0.5) is 8.78 Å². The predicted molar refractivity (Wildman–Crippen MR) is 84.8 cm³/mol. The van der Waals surface area contributed by atoms with Crippen LogP contribution in [-0.4, -0.2) is 61.5 Å². The number of tetrazole rings is 1. The van der Waals surface area contributed by atoms with Gasteiger partial charge < -0.3 is 4.90 Å². The maximum Gasteiger partial charge on any atom is 0.254 e. The van der Waals surface area contributed by atoms with E-state index < -0.39 is 11.3 Å². The van der Waals surface area contributed by atoms with Crippen LogP contribution in [0.15, 0.2) is 6.33 Å². The first-order valence-corrected chi connectivity index (χ1v) is 9.59. The van der Waals surface area contributed by atoms with Crippen LogP contribution in [0.2, 0.25) is 0 Å². The highest BCUT2D eigenvalue weighted by Crippen LogP contribution is 2.65. The number of halogens is 2. The molecule has 1 aliphatic carbocycles. The van der Waals surface area contributed by atoms with Gasteiger partial charge in [-0.3, -0.25) is 4.79 Å². The molecule has 2 saturated heterocycles. The standard InChI is InChI=1S/C15H21F2N5OS/c16-15(17)10-13(15)1-5-21(6-2-13)12(23)9-14(3-7-24-8-4-14)22-11-18-19-20-22/h11H,1-10H2. The number of hydrogen-bond donors (Lipinski definition) is 0. The van der Waals surface area contributed by atoms with Gasteiger partial charge in [-0.1, -0.05) is 0 Å². The minimum Gasteiger partial charge on any atom is -0.343 e. The van der Waals surface area contributed by atoms with Gasteiger partial charge in [0, 0.05) is 24.9 Å². The second kappa shape index (κ2) is 5.64. The smallest absolute Gasteiger partial charge is 0.254 e. The number of rotatable bonds is 3. The van der Waals surface area contributed by atoms with E-state index in [0.29, 0.717) is 32.4 Å². The van der Waals surface area contributed by atoms with E-state index in [2.05, 4.69) is 15.5 Å². The maximum absolute atomic E-state index is 13.5. The summed E-state index contributed by atoms with van der Waals surface area (Å²) in [5.74, 6) is -0.530. The molecule has 0 bridgehead atoms. The summed E-state index contributed by atoms with van der Waals surface area (Å²) in [4.78, 5) is 14.6. The monoisotopic (exact) mass is 357 g/mol. The molecule has 24 heavy (non-hydrogen) atoms. The van der Waals surface area contributed by atoms with Gasteiger partial charge in [0.25, 0.3) is 5.92 Å². The van der Waals surface area contributed by atoms with E-state index in [0.717, 1.165) is 24.3 Å². The molecule has 0 N–H and O–H groups in total. The van der Waals surface area contributed by atoms with Crippen molar-refractivity contribution in [3.63, 3.8) is 0 Å². The normalized spacial score (nSPS) is 27.2. The van der Waals surface area contributed by atoms with Crippen molar-refractivity contribution in [3.05, 3.63) is 6.33 Å². The number of alkyl halides is 2. The molecule has 3 fully saturated rings. The first-order valence-electron chi connectivity index (χ1n) is 8.43. The minimum absolute atomic E-state index is 0.00613. The van der Waals surface area contributed by atoms with Gasteiger partial charge in [0.15, 0.2) is 0 Å². The van der Waals surface area contributed by atoms with Gasteiger partial charge in [0.2, 0.25) is 5.91 Å². The van der Waals surface area contributed by atoms with Crippen LogP contribution in [0.3, 0.4) is 0 Å².